The Hall–Kier alpha value is -1.81. The first-order valence-electron chi connectivity index (χ1n) is 7.61. The number of halogens is 5. The predicted octanol–water partition coefficient (Wildman–Crippen LogP) is 6.41. The molecule has 0 aliphatic heterocycles. The lowest BCUT2D eigenvalue weighted by Gasteiger charge is -2.06. The van der Waals surface area contributed by atoms with Crippen LogP contribution in [-0.4, -0.2) is 16.1 Å². The van der Waals surface area contributed by atoms with Crippen molar-refractivity contribution in [2.45, 2.75) is 16.3 Å². The van der Waals surface area contributed by atoms with Gasteiger partial charge < -0.3 is 0 Å². The number of anilines is 1. The van der Waals surface area contributed by atoms with E-state index >= 15 is 0 Å². The number of nitrogens with zero attached hydrogens (tertiary/aromatic N) is 2. The number of rotatable bonds is 5. The third-order valence-electron chi connectivity index (χ3n) is 3.45. The van der Waals surface area contributed by atoms with Gasteiger partial charge in [-0.3, -0.25) is 10.1 Å². The summed E-state index contributed by atoms with van der Waals surface area (Å²) in [7, 11) is 0. The molecule has 0 radical (unpaired) electrons. The summed E-state index contributed by atoms with van der Waals surface area (Å²) in [6.45, 7) is 0. The third-order valence-corrected chi connectivity index (χ3v) is 6.23. The number of alkyl halides is 3. The monoisotopic (exact) mass is 463 g/mol. The van der Waals surface area contributed by atoms with E-state index in [-0.39, 0.29) is 5.02 Å². The fourth-order valence-corrected chi connectivity index (χ4v) is 4.06. The number of hydrogen-bond donors (Lipinski definition) is 1. The van der Waals surface area contributed by atoms with Crippen LogP contribution in [0, 0.1) is 0 Å². The standard InChI is InChI=1S/C17H10Cl2F3N3OS2/c18-12-6-3-10(7-13(12)19)14(26)23-15-24-25-16(28-15)27-8-9-1-4-11(5-2-9)17(20,21)22/h1-7H,8H2,(H,23,24,26). The topological polar surface area (TPSA) is 54.9 Å². The molecule has 0 aliphatic rings. The summed E-state index contributed by atoms with van der Waals surface area (Å²) in [5.74, 6) is 0.0158. The van der Waals surface area contributed by atoms with E-state index in [1.807, 2.05) is 0 Å². The van der Waals surface area contributed by atoms with Crippen molar-refractivity contribution in [2.24, 2.45) is 0 Å². The van der Waals surface area contributed by atoms with Crippen LogP contribution in [0.2, 0.25) is 10.0 Å². The average molecular weight is 464 g/mol. The second kappa shape index (κ2) is 8.69. The maximum absolute atomic E-state index is 12.6. The fourth-order valence-electron chi connectivity index (χ4n) is 2.06. The van der Waals surface area contributed by atoms with Gasteiger partial charge in [-0.2, -0.15) is 13.2 Å². The van der Waals surface area contributed by atoms with Gasteiger partial charge in [0, 0.05) is 11.3 Å². The number of thioether (sulfide) groups is 1. The van der Waals surface area contributed by atoms with Gasteiger partial charge in [0.05, 0.1) is 15.6 Å². The van der Waals surface area contributed by atoms with E-state index in [0.29, 0.717) is 25.8 Å². The van der Waals surface area contributed by atoms with Gasteiger partial charge in [-0.05, 0) is 35.9 Å². The summed E-state index contributed by atoms with van der Waals surface area (Å²) in [5, 5.41) is 11.4. The predicted molar refractivity (Wildman–Crippen MR) is 105 cm³/mol. The molecule has 0 saturated carbocycles. The number of nitrogens with one attached hydrogen (secondary N) is 1. The molecule has 0 unspecified atom stereocenters. The Kier molecular flexibility index (Phi) is 6.49. The molecule has 1 aromatic heterocycles. The maximum atomic E-state index is 12.6. The van der Waals surface area contributed by atoms with Gasteiger partial charge in [0.1, 0.15) is 0 Å². The van der Waals surface area contributed by atoms with Crippen molar-refractivity contribution in [2.75, 3.05) is 5.32 Å². The minimum Gasteiger partial charge on any atom is -0.296 e. The minimum atomic E-state index is -4.35. The number of carbonyl (C=O) groups excluding carboxylic acids is 1. The lowest BCUT2D eigenvalue weighted by Crippen LogP contribution is -2.11. The van der Waals surface area contributed by atoms with Crippen molar-refractivity contribution < 1.29 is 18.0 Å². The molecule has 28 heavy (non-hydrogen) atoms. The first kappa shape index (κ1) is 20.9. The molecule has 2 aromatic carbocycles. The van der Waals surface area contributed by atoms with Gasteiger partial charge in [-0.25, -0.2) is 0 Å². The van der Waals surface area contributed by atoms with Gasteiger partial charge >= 0.3 is 6.18 Å². The quantitative estimate of drug-likeness (QED) is 0.350. The van der Waals surface area contributed by atoms with Crippen LogP contribution in [0.3, 0.4) is 0 Å². The average Bonchev–Trinajstić information content (AvgIpc) is 3.09. The molecule has 1 amide bonds. The maximum Gasteiger partial charge on any atom is 0.416 e. The molecule has 0 atom stereocenters. The van der Waals surface area contributed by atoms with E-state index in [2.05, 4.69) is 15.5 Å². The van der Waals surface area contributed by atoms with Gasteiger partial charge in [0.2, 0.25) is 5.13 Å². The van der Waals surface area contributed by atoms with E-state index in [1.165, 1.54) is 42.1 Å². The van der Waals surface area contributed by atoms with Crippen molar-refractivity contribution in [3.8, 4) is 0 Å². The van der Waals surface area contributed by atoms with Crippen LogP contribution in [0.25, 0.3) is 0 Å². The summed E-state index contributed by atoms with van der Waals surface area (Å²) in [4.78, 5) is 12.2. The molecule has 3 rings (SSSR count). The first-order chi connectivity index (χ1) is 13.2. The van der Waals surface area contributed by atoms with E-state index in [9.17, 15) is 18.0 Å². The van der Waals surface area contributed by atoms with E-state index in [4.69, 9.17) is 23.2 Å². The largest absolute Gasteiger partial charge is 0.416 e. The Bertz CT molecular complexity index is 994. The van der Waals surface area contributed by atoms with Gasteiger partial charge in [0.25, 0.3) is 5.91 Å². The zero-order valence-corrected chi connectivity index (χ0v) is 16.9. The van der Waals surface area contributed by atoms with Crippen LogP contribution < -0.4 is 5.32 Å². The highest BCUT2D eigenvalue weighted by atomic mass is 35.5. The molecule has 0 bridgehead atoms. The molecule has 0 fully saturated rings. The third kappa shape index (κ3) is 5.38. The molecule has 1 heterocycles. The van der Waals surface area contributed by atoms with Gasteiger partial charge in [-0.15, -0.1) is 10.2 Å². The Morgan fingerprint density at radius 2 is 1.79 bits per heavy atom. The van der Waals surface area contributed by atoms with Crippen molar-refractivity contribution in [1.82, 2.24) is 10.2 Å². The van der Waals surface area contributed by atoms with Crippen LogP contribution in [0.5, 0.6) is 0 Å². The molecular formula is C17H10Cl2F3N3OS2. The molecule has 0 saturated heterocycles. The van der Waals surface area contributed by atoms with Crippen molar-refractivity contribution >= 4 is 57.3 Å². The Balaban J connectivity index is 1.58. The zero-order chi connectivity index (χ0) is 20.3. The van der Waals surface area contributed by atoms with E-state index in [0.717, 1.165) is 29.0 Å². The highest BCUT2D eigenvalue weighted by molar-refractivity contribution is 8.00. The number of aromatic nitrogens is 2. The number of carbonyl (C=O) groups is 1. The highest BCUT2D eigenvalue weighted by Crippen LogP contribution is 2.32. The highest BCUT2D eigenvalue weighted by Gasteiger charge is 2.29. The fraction of sp³-hybridized carbons (Fsp3) is 0.118. The summed E-state index contributed by atoms with van der Waals surface area (Å²) in [6, 6.07) is 9.42. The van der Waals surface area contributed by atoms with Crippen LogP contribution in [-0.2, 0) is 11.9 Å². The smallest absolute Gasteiger partial charge is 0.296 e. The first-order valence-corrected chi connectivity index (χ1v) is 10.2. The van der Waals surface area contributed by atoms with Crippen LogP contribution >= 0.6 is 46.3 Å². The molecular weight excluding hydrogens is 454 g/mol. The van der Waals surface area contributed by atoms with Gasteiger partial charge in [0.15, 0.2) is 4.34 Å². The number of amides is 1. The Morgan fingerprint density at radius 3 is 2.43 bits per heavy atom. The molecule has 146 valence electrons. The summed E-state index contributed by atoms with van der Waals surface area (Å²) in [6.07, 6.45) is -4.35. The number of hydrogen-bond acceptors (Lipinski definition) is 5. The molecule has 11 heteroatoms. The molecule has 0 spiro atoms. The second-order valence-corrected chi connectivity index (χ2v) is 8.45. The lowest BCUT2D eigenvalue weighted by atomic mass is 10.1. The summed E-state index contributed by atoms with van der Waals surface area (Å²) in [5.41, 5.74) is 0.350. The van der Waals surface area contributed by atoms with Crippen molar-refractivity contribution in [1.29, 1.82) is 0 Å². The Labute approximate surface area is 176 Å². The Morgan fingerprint density at radius 1 is 1.07 bits per heavy atom. The minimum absolute atomic E-state index is 0.263. The molecule has 3 aromatic rings. The molecule has 0 aliphatic carbocycles. The SMILES string of the molecule is O=C(Nc1nnc(SCc2ccc(C(F)(F)F)cc2)s1)c1ccc(Cl)c(Cl)c1. The molecule has 1 N–H and O–H groups in total. The lowest BCUT2D eigenvalue weighted by molar-refractivity contribution is -0.137. The van der Waals surface area contributed by atoms with Crippen LogP contribution in [0.15, 0.2) is 46.8 Å². The molecule has 4 nitrogen and oxygen atoms in total. The summed E-state index contributed by atoms with van der Waals surface area (Å²) < 4.78 is 38.3. The zero-order valence-electron chi connectivity index (χ0n) is 13.8. The normalized spacial score (nSPS) is 11.5. The van der Waals surface area contributed by atoms with E-state index in [1.54, 1.807) is 0 Å². The second-order valence-electron chi connectivity index (χ2n) is 5.44. The van der Waals surface area contributed by atoms with E-state index < -0.39 is 17.6 Å². The van der Waals surface area contributed by atoms with Crippen LogP contribution in [0.1, 0.15) is 21.5 Å². The van der Waals surface area contributed by atoms with Crippen molar-refractivity contribution in [3.63, 3.8) is 0 Å². The summed E-state index contributed by atoms with van der Waals surface area (Å²) >= 11 is 14.2. The number of benzene rings is 2. The van der Waals surface area contributed by atoms with Crippen molar-refractivity contribution in [3.05, 3.63) is 69.2 Å². The van der Waals surface area contributed by atoms with Crippen LogP contribution in [0.4, 0.5) is 18.3 Å². The van der Waals surface area contributed by atoms with Gasteiger partial charge in [-0.1, -0.05) is 58.4 Å².